The molecule has 0 saturated carbocycles. The van der Waals surface area contributed by atoms with E-state index in [1.807, 2.05) is 0 Å². The molecule has 0 radical (unpaired) electrons. The lowest BCUT2D eigenvalue weighted by Crippen LogP contribution is -2.02. The van der Waals surface area contributed by atoms with Gasteiger partial charge in [0.2, 0.25) is 0 Å². The van der Waals surface area contributed by atoms with Crippen molar-refractivity contribution < 1.29 is 13.0 Å². The quantitative estimate of drug-likeness (QED) is 0.601. The van der Waals surface area contributed by atoms with E-state index in [1.165, 1.54) is 24.3 Å². The highest BCUT2D eigenvalue weighted by molar-refractivity contribution is 7.85. The summed E-state index contributed by atoms with van der Waals surface area (Å²) in [6.45, 7) is 0. The minimum Gasteiger partial charge on any atom is -0.744 e. The van der Waals surface area contributed by atoms with Crippen LogP contribution in [0.3, 0.4) is 0 Å². The monoisotopic (exact) mass is 226 g/mol. The molecule has 1 aromatic carbocycles. The van der Waals surface area contributed by atoms with Gasteiger partial charge >= 0.3 is 0 Å². The van der Waals surface area contributed by atoms with Gasteiger partial charge in [0, 0.05) is 0 Å². The number of hydrogen-bond acceptors (Lipinski definition) is 7. The topological polar surface area (TPSA) is 114 Å². The van der Waals surface area contributed by atoms with Crippen LogP contribution in [0.2, 0.25) is 0 Å². The molecule has 0 fully saturated rings. The molecule has 78 valence electrons. The molecule has 0 aliphatic heterocycles. The van der Waals surface area contributed by atoms with Crippen molar-refractivity contribution in [3.8, 4) is 5.69 Å². The first kappa shape index (κ1) is 9.68. The summed E-state index contributed by atoms with van der Waals surface area (Å²) in [6.07, 6.45) is 0. The normalized spacial score (nSPS) is 11.5. The van der Waals surface area contributed by atoms with Crippen LogP contribution in [0, 0.1) is 0 Å². The molecule has 2 rings (SSSR count). The largest absolute Gasteiger partial charge is 0.744 e. The molecule has 0 N–H and O–H groups in total. The van der Waals surface area contributed by atoms with Crippen molar-refractivity contribution >= 4 is 10.1 Å². The second-order valence-corrected chi connectivity index (χ2v) is 3.97. The zero-order valence-electron chi connectivity index (χ0n) is 7.18. The second-order valence-electron chi connectivity index (χ2n) is 2.60. The highest BCUT2D eigenvalue weighted by atomic mass is 32.2. The molecule has 0 amide bonds. The van der Waals surface area contributed by atoms with Crippen LogP contribution >= 0.6 is 0 Å². The van der Waals surface area contributed by atoms with Crippen molar-refractivity contribution in [1.82, 2.24) is 25.7 Å². The maximum atomic E-state index is 10.6. The molecule has 0 bridgehead atoms. The third-order valence-electron chi connectivity index (χ3n) is 1.65. The van der Waals surface area contributed by atoms with Crippen LogP contribution in [0.4, 0.5) is 0 Å². The fourth-order valence-corrected chi connectivity index (χ4v) is 1.45. The predicted octanol–water partition coefficient (Wildman–Crippen LogP) is -1.04. The average Bonchev–Trinajstić information content (AvgIpc) is 2.69. The van der Waals surface area contributed by atoms with Gasteiger partial charge in [0.25, 0.3) is 0 Å². The van der Waals surface area contributed by atoms with Gasteiger partial charge in [-0.25, -0.2) is 8.42 Å². The Hall–Kier alpha value is -1.87. The van der Waals surface area contributed by atoms with E-state index in [0.717, 1.165) is 4.80 Å². The molecule has 0 aliphatic rings. The lowest BCUT2D eigenvalue weighted by atomic mass is 10.3. The first-order valence-electron chi connectivity index (χ1n) is 3.75. The second kappa shape index (κ2) is 3.37. The zero-order valence-corrected chi connectivity index (χ0v) is 7.99. The van der Waals surface area contributed by atoms with E-state index in [4.69, 9.17) is 0 Å². The Morgan fingerprint density at radius 1 is 1.07 bits per heavy atom. The fraction of sp³-hybridized carbons (Fsp3) is 0. The molecule has 0 spiro atoms. The number of hydrogen-bond donors (Lipinski definition) is 0. The van der Waals surface area contributed by atoms with E-state index >= 15 is 0 Å². The fourth-order valence-electron chi connectivity index (χ4n) is 0.979. The Kier molecular flexibility index (Phi) is 2.17. The minimum absolute atomic E-state index is 0.306. The molecule has 2 aromatic rings. The Balaban J connectivity index is 2.42. The molecule has 0 unspecified atom stereocenters. The summed E-state index contributed by atoms with van der Waals surface area (Å²) in [5, 5.41) is 13.5. The first-order valence-corrected chi connectivity index (χ1v) is 5.16. The Bertz CT molecular complexity index is 547. The van der Waals surface area contributed by atoms with Crippen molar-refractivity contribution in [1.29, 1.82) is 0 Å². The summed E-state index contributed by atoms with van der Waals surface area (Å²) in [5.41, 5.74) is 0.465. The highest BCUT2D eigenvalue weighted by Gasteiger charge is 2.03. The van der Waals surface area contributed by atoms with Gasteiger partial charge in [-0.05, 0) is 45.1 Å². The van der Waals surface area contributed by atoms with Gasteiger partial charge in [0.15, 0.2) is 0 Å². The summed E-state index contributed by atoms with van der Waals surface area (Å²) in [4.78, 5) is 0.792. The van der Waals surface area contributed by atoms with Crippen LogP contribution in [0.1, 0.15) is 0 Å². The Labute approximate surface area is 84.3 Å². The minimum atomic E-state index is -4.42. The lowest BCUT2D eigenvalue weighted by molar-refractivity contribution is 0.463. The molecule has 0 aliphatic carbocycles. The van der Waals surface area contributed by atoms with Gasteiger partial charge in [-0.2, -0.15) is 0 Å². The van der Waals surface area contributed by atoms with E-state index in [-0.39, 0.29) is 4.90 Å². The number of nitrogens with zero attached hydrogens (tertiary/aromatic N) is 5. The van der Waals surface area contributed by atoms with Crippen molar-refractivity contribution in [2.75, 3.05) is 0 Å². The van der Waals surface area contributed by atoms with Gasteiger partial charge in [-0.1, -0.05) is 0 Å². The van der Waals surface area contributed by atoms with Gasteiger partial charge in [0.05, 0.1) is 10.6 Å². The molecule has 0 atom stereocenters. The van der Waals surface area contributed by atoms with Crippen LogP contribution < -0.4 is 0 Å². The molecule has 1 aromatic heterocycles. The van der Waals surface area contributed by atoms with Gasteiger partial charge in [-0.3, -0.25) is 0 Å². The van der Waals surface area contributed by atoms with Crippen molar-refractivity contribution in [3.05, 3.63) is 24.3 Å². The summed E-state index contributed by atoms with van der Waals surface area (Å²) in [7, 11) is -4.42. The Morgan fingerprint density at radius 2 is 1.60 bits per heavy atom. The Morgan fingerprint density at radius 3 is 2.07 bits per heavy atom. The first-order chi connectivity index (χ1) is 7.07. The molecule has 9 heteroatoms. The van der Waals surface area contributed by atoms with E-state index < -0.39 is 10.1 Å². The SMILES string of the molecule is O=S(=O)([O-])c1ccc(-n2nnnn2)cc1. The van der Waals surface area contributed by atoms with E-state index in [0.29, 0.717) is 5.69 Å². The molecule has 0 saturated heterocycles. The van der Waals surface area contributed by atoms with Crippen molar-refractivity contribution in [2.45, 2.75) is 4.90 Å². The van der Waals surface area contributed by atoms with Crippen LogP contribution in [-0.2, 0) is 10.1 Å². The third kappa shape index (κ3) is 1.97. The lowest BCUT2D eigenvalue weighted by Gasteiger charge is -2.06. The summed E-state index contributed by atoms with van der Waals surface area (Å²) >= 11 is 0. The van der Waals surface area contributed by atoms with Gasteiger partial charge in [0.1, 0.15) is 10.1 Å². The van der Waals surface area contributed by atoms with Crippen LogP contribution in [0.5, 0.6) is 0 Å². The average molecular weight is 226 g/mol. The number of aromatic nitrogens is 5. The standard InChI is InChI=1S/C6H5N5O3S/c12-15(13,14)6-3-1-5(2-4-6)11-9-7-8-10-11/h1-4H,(H,12,13,14)/p-1. The van der Waals surface area contributed by atoms with Crippen molar-refractivity contribution in [3.63, 3.8) is 0 Å². The summed E-state index contributed by atoms with van der Waals surface area (Å²) in [5.74, 6) is 0. The molecule has 1 heterocycles. The van der Waals surface area contributed by atoms with Crippen LogP contribution in [0.15, 0.2) is 29.2 Å². The summed E-state index contributed by atoms with van der Waals surface area (Å²) < 4.78 is 31.8. The van der Waals surface area contributed by atoms with Crippen LogP contribution in [0.25, 0.3) is 5.69 Å². The number of rotatable bonds is 2. The van der Waals surface area contributed by atoms with E-state index in [9.17, 15) is 13.0 Å². The van der Waals surface area contributed by atoms with E-state index in [1.54, 1.807) is 0 Å². The molecular formula is C6H4N5O3S-. The summed E-state index contributed by atoms with van der Waals surface area (Å²) in [6, 6.07) is 5.10. The van der Waals surface area contributed by atoms with Crippen molar-refractivity contribution in [2.24, 2.45) is 0 Å². The number of benzene rings is 1. The smallest absolute Gasteiger partial charge is 0.124 e. The zero-order chi connectivity index (χ0) is 10.9. The molecule has 15 heavy (non-hydrogen) atoms. The molecule has 8 nitrogen and oxygen atoms in total. The highest BCUT2D eigenvalue weighted by Crippen LogP contribution is 2.11. The van der Waals surface area contributed by atoms with Crippen LogP contribution in [-0.4, -0.2) is 38.6 Å². The maximum Gasteiger partial charge on any atom is 0.124 e. The van der Waals surface area contributed by atoms with E-state index in [2.05, 4.69) is 20.9 Å². The maximum absolute atomic E-state index is 10.6. The molecular weight excluding hydrogens is 222 g/mol. The third-order valence-corrected chi connectivity index (χ3v) is 2.50. The van der Waals surface area contributed by atoms with Gasteiger partial charge in [-0.15, -0.1) is 4.80 Å². The van der Waals surface area contributed by atoms with Gasteiger partial charge < -0.3 is 4.55 Å². The predicted molar refractivity (Wildman–Crippen MR) is 44.9 cm³/mol.